The summed E-state index contributed by atoms with van der Waals surface area (Å²) < 4.78 is 33.2. The molecular formula is C22H24ClN3O5S. The van der Waals surface area contributed by atoms with E-state index in [4.69, 9.17) is 16.3 Å². The zero-order chi connectivity index (χ0) is 22.9. The quantitative estimate of drug-likeness (QED) is 0.713. The van der Waals surface area contributed by atoms with Crippen LogP contribution in [-0.2, 0) is 19.6 Å². The average Bonchev–Trinajstić information content (AvgIpc) is 2.77. The molecule has 0 atom stereocenters. The summed E-state index contributed by atoms with van der Waals surface area (Å²) in [5, 5.41) is 3.25. The molecule has 0 aliphatic carbocycles. The van der Waals surface area contributed by atoms with Gasteiger partial charge in [-0.2, -0.15) is 4.31 Å². The van der Waals surface area contributed by atoms with Gasteiger partial charge in [0.25, 0.3) is 5.91 Å². The molecule has 0 unspecified atom stereocenters. The first kappa shape index (κ1) is 22.6. The van der Waals surface area contributed by atoms with Crippen molar-refractivity contribution in [3.05, 3.63) is 47.5 Å². The Bertz CT molecular complexity index is 1130. The number of carbonyl (C=O) groups is 2. The Kier molecular flexibility index (Phi) is 6.41. The van der Waals surface area contributed by atoms with Crippen molar-refractivity contribution in [1.29, 1.82) is 0 Å². The van der Waals surface area contributed by atoms with Gasteiger partial charge in [0.2, 0.25) is 15.9 Å². The Hall–Kier alpha value is -2.62. The molecule has 170 valence electrons. The van der Waals surface area contributed by atoms with Crippen LogP contribution in [0.4, 0.5) is 11.4 Å². The van der Waals surface area contributed by atoms with Gasteiger partial charge in [-0.3, -0.25) is 14.5 Å². The van der Waals surface area contributed by atoms with Gasteiger partial charge in [0, 0.05) is 23.8 Å². The van der Waals surface area contributed by atoms with Gasteiger partial charge < -0.3 is 10.1 Å². The standard InChI is InChI=1S/C22H24ClN3O5S/c1-15-8-10-25(11-9-15)32(29,30)18-6-7-20-19(12-18)26(22(28)14-31-20)13-21(27)24-17-4-2-16(23)3-5-17/h2-7,12,15H,8-11,13-14H2,1H3,(H,24,27). The number of piperidine rings is 1. The molecule has 2 amide bonds. The van der Waals surface area contributed by atoms with Crippen LogP contribution < -0.4 is 15.0 Å². The topological polar surface area (TPSA) is 96.0 Å². The molecule has 0 spiro atoms. The van der Waals surface area contributed by atoms with Gasteiger partial charge in [0.1, 0.15) is 12.3 Å². The van der Waals surface area contributed by atoms with E-state index in [1.165, 1.54) is 27.4 Å². The predicted molar refractivity (Wildman–Crippen MR) is 122 cm³/mol. The van der Waals surface area contributed by atoms with Gasteiger partial charge in [0.05, 0.1) is 10.6 Å². The summed E-state index contributed by atoms with van der Waals surface area (Å²) in [5.41, 5.74) is 0.801. The van der Waals surface area contributed by atoms with Crippen LogP contribution in [0.1, 0.15) is 19.8 Å². The highest BCUT2D eigenvalue weighted by Crippen LogP contribution is 2.35. The second-order valence-electron chi connectivity index (χ2n) is 8.04. The predicted octanol–water partition coefficient (Wildman–Crippen LogP) is 3.12. The van der Waals surface area contributed by atoms with E-state index in [0.29, 0.717) is 35.5 Å². The van der Waals surface area contributed by atoms with Gasteiger partial charge >= 0.3 is 0 Å². The van der Waals surface area contributed by atoms with Gasteiger partial charge in [0.15, 0.2) is 6.61 Å². The van der Waals surface area contributed by atoms with Crippen LogP contribution in [0.25, 0.3) is 0 Å². The van der Waals surface area contributed by atoms with E-state index in [2.05, 4.69) is 12.2 Å². The maximum Gasteiger partial charge on any atom is 0.265 e. The monoisotopic (exact) mass is 477 g/mol. The zero-order valence-corrected chi connectivity index (χ0v) is 19.2. The number of nitrogens with zero attached hydrogens (tertiary/aromatic N) is 2. The molecule has 10 heteroatoms. The lowest BCUT2D eigenvalue weighted by atomic mass is 10.0. The molecule has 0 aromatic heterocycles. The van der Waals surface area contributed by atoms with Crippen LogP contribution in [0.15, 0.2) is 47.4 Å². The highest BCUT2D eigenvalue weighted by Gasteiger charge is 2.32. The van der Waals surface area contributed by atoms with Crippen molar-refractivity contribution < 1.29 is 22.7 Å². The number of ether oxygens (including phenoxy) is 1. The molecule has 1 fully saturated rings. The molecule has 0 saturated carbocycles. The van der Waals surface area contributed by atoms with Crippen LogP contribution in [-0.4, -0.2) is 50.8 Å². The Balaban J connectivity index is 1.57. The van der Waals surface area contributed by atoms with E-state index < -0.39 is 21.8 Å². The fraction of sp³-hybridized carbons (Fsp3) is 0.364. The van der Waals surface area contributed by atoms with Crippen LogP contribution in [0.2, 0.25) is 5.02 Å². The fourth-order valence-corrected chi connectivity index (χ4v) is 5.38. The Morgan fingerprint density at radius 3 is 2.53 bits per heavy atom. The van der Waals surface area contributed by atoms with Crippen molar-refractivity contribution in [1.82, 2.24) is 4.31 Å². The van der Waals surface area contributed by atoms with Gasteiger partial charge in [-0.15, -0.1) is 0 Å². The lowest BCUT2D eigenvalue weighted by Crippen LogP contribution is -2.43. The molecule has 2 aliphatic rings. The minimum absolute atomic E-state index is 0.0761. The first-order valence-corrected chi connectivity index (χ1v) is 12.2. The lowest BCUT2D eigenvalue weighted by Gasteiger charge is -2.31. The van der Waals surface area contributed by atoms with Crippen molar-refractivity contribution in [3.63, 3.8) is 0 Å². The number of hydrogen-bond acceptors (Lipinski definition) is 5. The Morgan fingerprint density at radius 2 is 1.84 bits per heavy atom. The Morgan fingerprint density at radius 1 is 1.16 bits per heavy atom. The van der Waals surface area contributed by atoms with Gasteiger partial charge in [-0.05, 0) is 61.2 Å². The van der Waals surface area contributed by atoms with Crippen LogP contribution in [0, 0.1) is 5.92 Å². The maximum atomic E-state index is 13.2. The molecule has 1 saturated heterocycles. The van der Waals surface area contributed by atoms with E-state index in [9.17, 15) is 18.0 Å². The van der Waals surface area contributed by atoms with E-state index in [-0.39, 0.29) is 23.7 Å². The SMILES string of the molecule is CC1CCN(S(=O)(=O)c2ccc3c(c2)N(CC(=O)Nc2ccc(Cl)cc2)C(=O)CO3)CC1. The number of benzene rings is 2. The third-order valence-corrected chi connectivity index (χ3v) is 7.83. The second-order valence-corrected chi connectivity index (χ2v) is 10.4. The number of sulfonamides is 1. The number of anilines is 2. The average molecular weight is 478 g/mol. The highest BCUT2D eigenvalue weighted by atomic mass is 35.5. The fourth-order valence-electron chi connectivity index (χ4n) is 3.77. The van der Waals surface area contributed by atoms with Crippen molar-refractivity contribution in [2.24, 2.45) is 5.92 Å². The highest BCUT2D eigenvalue weighted by molar-refractivity contribution is 7.89. The number of rotatable bonds is 5. The molecule has 4 rings (SSSR count). The van der Waals surface area contributed by atoms with Crippen molar-refractivity contribution in [2.45, 2.75) is 24.7 Å². The first-order chi connectivity index (χ1) is 15.2. The maximum absolute atomic E-state index is 13.2. The Labute approximate surface area is 192 Å². The van der Waals surface area contributed by atoms with E-state index in [0.717, 1.165) is 12.8 Å². The molecule has 0 radical (unpaired) electrons. The van der Waals surface area contributed by atoms with Crippen LogP contribution >= 0.6 is 11.6 Å². The number of hydrogen-bond donors (Lipinski definition) is 1. The van der Waals surface area contributed by atoms with E-state index >= 15 is 0 Å². The third-order valence-electron chi connectivity index (χ3n) is 5.68. The van der Waals surface area contributed by atoms with E-state index in [1.807, 2.05) is 0 Å². The van der Waals surface area contributed by atoms with Crippen molar-refractivity contribution >= 4 is 44.8 Å². The third kappa shape index (κ3) is 4.74. The molecule has 8 nitrogen and oxygen atoms in total. The van der Waals surface area contributed by atoms with Crippen molar-refractivity contribution in [3.8, 4) is 5.75 Å². The number of halogens is 1. The summed E-state index contributed by atoms with van der Waals surface area (Å²) in [4.78, 5) is 26.4. The van der Waals surface area contributed by atoms with Crippen molar-refractivity contribution in [2.75, 3.05) is 36.5 Å². The smallest absolute Gasteiger partial charge is 0.265 e. The molecule has 1 N–H and O–H groups in total. The lowest BCUT2D eigenvalue weighted by molar-refractivity contribution is -0.123. The molecule has 0 bridgehead atoms. The second kappa shape index (κ2) is 9.09. The number of amides is 2. The summed E-state index contributed by atoms with van der Waals surface area (Å²) in [6.07, 6.45) is 1.62. The summed E-state index contributed by atoms with van der Waals surface area (Å²) >= 11 is 5.86. The molecule has 2 aromatic carbocycles. The van der Waals surface area contributed by atoms with Gasteiger partial charge in [-0.1, -0.05) is 18.5 Å². The summed E-state index contributed by atoms with van der Waals surface area (Å²) in [6, 6.07) is 11.0. The largest absolute Gasteiger partial charge is 0.482 e. The van der Waals surface area contributed by atoms with Gasteiger partial charge in [-0.25, -0.2) is 8.42 Å². The molecular weight excluding hydrogens is 454 g/mol. The number of nitrogens with one attached hydrogen (secondary N) is 1. The summed E-state index contributed by atoms with van der Waals surface area (Å²) in [7, 11) is -3.71. The zero-order valence-electron chi connectivity index (χ0n) is 17.6. The summed E-state index contributed by atoms with van der Waals surface area (Å²) in [5.74, 6) is -0.00217. The minimum atomic E-state index is -3.71. The summed E-state index contributed by atoms with van der Waals surface area (Å²) in [6.45, 7) is 2.53. The van der Waals surface area contributed by atoms with Crippen LogP contribution in [0.5, 0.6) is 5.75 Å². The van der Waals surface area contributed by atoms with E-state index in [1.54, 1.807) is 24.3 Å². The first-order valence-electron chi connectivity index (χ1n) is 10.4. The van der Waals surface area contributed by atoms with Crippen LogP contribution in [0.3, 0.4) is 0 Å². The molecule has 2 aliphatic heterocycles. The number of carbonyl (C=O) groups excluding carboxylic acids is 2. The molecule has 2 heterocycles. The minimum Gasteiger partial charge on any atom is -0.482 e. The normalized spacial score (nSPS) is 17.6. The molecule has 32 heavy (non-hydrogen) atoms. The number of fused-ring (bicyclic) bond motifs is 1. The molecule has 2 aromatic rings.